The Balaban J connectivity index is 0.000000121. The van der Waals surface area contributed by atoms with E-state index in [1.165, 1.54) is 109 Å². The van der Waals surface area contributed by atoms with Crippen LogP contribution in [0.1, 0.15) is 261 Å². The number of carbonyl (C=O) groups is 6. The highest BCUT2D eigenvalue weighted by atomic mass is 16.7. The van der Waals surface area contributed by atoms with E-state index in [1.807, 2.05) is 55.4 Å². The van der Waals surface area contributed by atoms with Crippen molar-refractivity contribution in [1.82, 2.24) is 0 Å². The third kappa shape index (κ3) is 13.7. The predicted octanol–water partition coefficient (Wildman–Crippen LogP) is 16.5. The summed E-state index contributed by atoms with van der Waals surface area (Å²) < 4.78 is 52.9. The molecule has 0 heterocycles. The molecule has 0 amide bonds. The van der Waals surface area contributed by atoms with Gasteiger partial charge >= 0.3 is 35.8 Å². The van der Waals surface area contributed by atoms with Crippen LogP contribution in [0.4, 0.5) is 0 Å². The Bertz CT molecular complexity index is 2890. The maximum Gasteiger partial charge on any atom is 0.311 e. The van der Waals surface area contributed by atoms with E-state index < -0.39 is 16.2 Å². The van der Waals surface area contributed by atoms with Crippen LogP contribution < -0.4 is 0 Å². The molecule has 18 rings (SSSR count). The van der Waals surface area contributed by atoms with Crippen molar-refractivity contribution in [3.05, 3.63) is 0 Å². The van der Waals surface area contributed by atoms with Gasteiger partial charge in [0.1, 0.15) is 18.3 Å². The molecular formula is C84H128O15. The Hall–Kier alpha value is -3.30. The zero-order valence-corrected chi connectivity index (χ0v) is 62.3. The summed E-state index contributed by atoms with van der Waals surface area (Å²) in [7, 11) is 0. The predicted molar refractivity (Wildman–Crippen MR) is 370 cm³/mol. The standard InChI is InChI=1S/C31H46O5.C27H42O5.C26H40O5/c1-4-30(2,3)29(33)36-25-11-21-10-24(25)27-22-8-20(26(21)27)9-23(22)28(32)35-16-34-15-31-12-17-5-18(13-31)7-19(6-17)14-31;1-4-27(2,3)26(29)32-22-13-18-12-21(22)24-19-10-17(23(18)24)11-20(19)25(28)31-15-30-14-16-8-6-5-7-9-16;1-4-26(2,3)25(28)31-21-13-16-12-20(21)23-18-10-15(22(16)23)11-19(18)24(27)30-14-29-17-8-6-5-7-9-17/h17-27H,4-16H2,1-3H3;16-24H,4-15H2,1-3H3;15-23H,4-14H2,1-3H3. The van der Waals surface area contributed by atoms with E-state index in [0.717, 1.165) is 139 Å². The van der Waals surface area contributed by atoms with Gasteiger partial charge < -0.3 is 42.6 Å². The van der Waals surface area contributed by atoms with Crippen LogP contribution in [0.25, 0.3) is 0 Å². The molecule has 0 radical (unpaired) electrons. The fourth-order valence-electron chi connectivity index (χ4n) is 27.4. The molecule has 18 fully saturated rings. The maximum atomic E-state index is 13.2. The van der Waals surface area contributed by atoms with Gasteiger partial charge in [-0.25, -0.2) is 0 Å². The van der Waals surface area contributed by atoms with Crippen molar-refractivity contribution in [3.8, 4) is 0 Å². The van der Waals surface area contributed by atoms with Crippen molar-refractivity contribution in [3.63, 3.8) is 0 Å². The fourth-order valence-corrected chi connectivity index (χ4v) is 27.4. The number of rotatable bonds is 23. The second kappa shape index (κ2) is 28.5. The van der Waals surface area contributed by atoms with Gasteiger partial charge in [-0.15, -0.1) is 0 Å². The first-order chi connectivity index (χ1) is 47.5. The molecule has 18 saturated carbocycles. The van der Waals surface area contributed by atoms with Crippen LogP contribution in [0.5, 0.6) is 0 Å². The van der Waals surface area contributed by atoms with Gasteiger partial charge in [-0.1, -0.05) is 59.3 Å². The van der Waals surface area contributed by atoms with E-state index in [2.05, 4.69) is 6.92 Å². The summed E-state index contributed by atoms with van der Waals surface area (Å²) in [5.41, 5.74) is -0.887. The Labute approximate surface area is 593 Å². The van der Waals surface area contributed by atoms with Crippen LogP contribution in [-0.2, 0) is 71.4 Å². The Morgan fingerprint density at radius 1 is 0.364 bits per heavy atom. The van der Waals surface area contributed by atoms with E-state index in [-0.39, 0.29) is 98.4 Å². The van der Waals surface area contributed by atoms with Gasteiger partial charge in [0.05, 0.1) is 53.3 Å². The summed E-state index contributed by atoms with van der Waals surface area (Å²) >= 11 is 0. The first-order valence-electron chi connectivity index (χ1n) is 41.4. The van der Waals surface area contributed by atoms with Gasteiger partial charge in [-0.3, -0.25) is 28.8 Å². The highest BCUT2D eigenvalue weighted by Crippen LogP contribution is 2.73. The van der Waals surface area contributed by atoms with Gasteiger partial charge in [-0.2, -0.15) is 0 Å². The minimum absolute atomic E-state index is 0.0159. The molecule has 18 aliphatic rings. The molecular weight excluding hydrogens is 1250 g/mol. The quantitative estimate of drug-likeness (QED) is 0.0309. The smallest absolute Gasteiger partial charge is 0.311 e. The topological polar surface area (TPSA) is 185 Å². The number of fused-ring (bicyclic) bond motifs is 27. The van der Waals surface area contributed by atoms with E-state index in [0.29, 0.717) is 100 Å². The van der Waals surface area contributed by atoms with E-state index in [9.17, 15) is 28.8 Å². The lowest BCUT2D eigenvalue weighted by Gasteiger charge is -2.56. The van der Waals surface area contributed by atoms with Crippen LogP contribution >= 0.6 is 0 Å². The average molecular weight is 1380 g/mol. The molecule has 0 N–H and O–H groups in total. The van der Waals surface area contributed by atoms with Gasteiger partial charge in [0.15, 0.2) is 20.4 Å². The minimum Gasteiger partial charge on any atom is -0.462 e. The molecule has 15 nitrogen and oxygen atoms in total. The molecule has 24 atom stereocenters. The summed E-state index contributed by atoms with van der Waals surface area (Å²) in [5.74, 6) is 13.5. The van der Waals surface area contributed by atoms with Gasteiger partial charge in [0.2, 0.25) is 0 Å². The van der Waals surface area contributed by atoms with Gasteiger partial charge in [-0.05, 0) is 338 Å². The lowest BCUT2D eigenvalue weighted by Crippen LogP contribution is -2.48. The summed E-state index contributed by atoms with van der Waals surface area (Å²) in [6.45, 7) is 19.9. The van der Waals surface area contributed by atoms with Crippen molar-refractivity contribution >= 4 is 35.8 Å². The van der Waals surface area contributed by atoms with Crippen LogP contribution in [0.15, 0.2) is 0 Å². The van der Waals surface area contributed by atoms with Crippen LogP contribution in [-0.4, -0.2) is 93.8 Å². The van der Waals surface area contributed by atoms with Crippen LogP contribution in [0, 0.1) is 170 Å². The Kier molecular flexibility index (Phi) is 20.6. The van der Waals surface area contributed by atoms with Gasteiger partial charge in [0, 0.05) is 0 Å². The van der Waals surface area contributed by atoms with Crippen LogP contribution in [0.3, 0.4) is 0 Å². The Morgan fingerprint density at radius 2 is 0.697 bits per heavy atom. The monoisotopic (exact) mass is 1380 g/mol. The maximum absolute atomic E-state index is 13.2. The fraction of sp³-hybridized carbons (Fsp3) is 0.929. The minimum atomic E-state index is -0.418. The molecule has 0 aromatic rings. The van der Waals surface area contributed by atoms with Crippen molar-refractivity contribution < 1.29 is 71.4 Å². The molecule has 0 spiro atoms. The third-order valence-corrected chi connectivity index (χ3v) is 32.5. The molecule has 24 unspecified atom stereocenters. The lowest BCUT2D eigenvalue weighted by atomic mass is 9.50. The lowest BCUT2D eigenvalue weighted by molar-refractivity contribution is -0.175. The van der Waals surface area contributed by atoms with Crippen molar-refractivity contribution in [1.29, 1.82) is 0 Å². The molecule has 16 bridgehead atoms. The van der Waals surface area contributed by atoms with E-state index >= 15 is 0 Å². The first-order valence-corrected chi connectivity index (χ1v) is 41.4. The summed E-state index contributed by atoms with van der Waals surface area (Å²) in [6.07, 6.45) is 36.5. The van der Waals surface area contributed by atoms with Crippen molar-refractivity contribution in [2.75, 3.05) is 33.6 Å². The van der Waals surface area contributed by atoms with Crippen molar-refractivity contribution in [2.45, 2.75) is 286 Å². The molecule has 0 aliphatic heterocycles. The number of hydrogen-bond acceptors (Lipinski definition) is 15. The molecule has 0 saturated heterocycles. The highest BCUT2D eigenvalue weighted by Gasteiger charge is 2.70. The van der Waals surface area contributed by atoms with Crippen LogP contribution in [0.2, 0.25) is 0 Å². The first kappa shape index (κ1) is 71.3. The molecule has 0 aromatic carbocycles. The molecule has 99 heavy (non-hydrogen) atoms. The molecule has 554 valence electrons. The van der Waals surface area contributed by atoms with E-state index in [4.69, 9.17) is 42.6 Å². The highest BCUT2D eigenvalue weighted by molar-refractivity contribution is 5.78. The number of esters is 6. The van der Waals surface area contributed by atoms with E-state index in [1.54, 1.807) is 0 Å². The second-order valence-corrected chi connectivity index (χ2v) is 39.0. The normalized spacial score (nSPS) is 44.0. The summed E-state index contributed by atoms with van der Waals surface area (Å²) in [4.78, 5) is 77.2. The van der Waals surface area contributed by atoms with Gasteiger partial charge in [0.25, 0.3) is 0 Å². The zero-order chi connectivity index (χ0) is 69.0. The number of ether oxygens (including phenoxy) is 9. The third-order valence-electron chi connectivity index (χ3n) is 32.5. The Morgan fingerprint density at radius 3 is 1.07 bits per heavy atom. The summed E-state index contributed by atoms with van der Waals surface area (Å²) in [6, 6.07) is 0. The summed E-state index contributed by atoms with van der Waals surface area (Å²) in [5, 5.41) is 0. The van der Waals surface area contributed by atoms with Crippen molar-refractivity contribution in [2.24, 2.45) is 170 Å². The number of hydrogen-bond donors (Lipinski definition) is 0. The largest absolute Gasteiger partial charge is 0.462 e. The zero-order valence-electron chi connectivity index (χ0n) is 62.3. The second-order valence-electron chi connectivity index (χ2n) is 39.0. The molecule has 0 aromatic heterocycles. The SMILES string of the molecule is CCC(C)(C)C(=O)OC1CC2CC1C1C3CC(CC3C(=O)OCOC3CCCCC3)C21.CCC(C)(C)C(=O)OC1CC2CC1C1C3CC(CC3C(=O)OCOCC34CC5CC(CC(C5)C3)C4)C21.CCC(C)(C)C(=O)OC1CC2CC1C1C3CC(CC3C(=O)OCOCC3CCCCC3)C21. The average Bonchev–Trinajstić information content (AvgIpc) is 1.58. The molecule has 15 heteroatoms. The molecule has 18 aliphatic carbocycles. The number of carbonyl (C=O) groups excluding carboxylic acids is 6.